The van der Waals surface area contributed by atoms with Gasteiger partial charge >= 0.3 is 0 Å². The van der Waals surface area contributed by atoms with Gasteiger partial charge in [0, 0.05) is 6.54 Å². The molecule has 136 valence electrons. The molecule has 1 aliphatic rings. The zero-order valence-electron chi connectivity index (χ0n) is 15.1. The van der Waals surface area contributed by atoms with Crippen LogP contribution in [0.2, 0.25) is 0 Å². The van der Waals surface area contributed by atoms with Crippen LogP contribution in [0.15, 0.2) is 24.3 Å². The van der Waals surface area contributed by atoms with Gasteiger partial charge in [-0.3, -0.25) is 0 Å². The van der Waals surface area contributed by atoms with Crippen molar-refractivity contribution in [3.8, 4) is 0 Å². The van der Waals surface area contributed by atoms with Gasteiger partial charge in [-0.2, -0.15) is 0 Å². The molecular weight excluding hydrogens is 301 g/mol. The highest BCUT2D eigenvalue weighted by Gasteiger charge is 2.29. The van der Waals surface area contributed by atoms with Gasteiger partial charge in [-0.05, 0) is 81.5 Å². The maximum atomic E-state index is 13.2. The van der Waals surface area contributed by atoms with Crippen LogP contribution in [0.1, 0.15) is 50.5 Å². The van der Waals surface area contributed by atoms with Gasteiger partial charge in [0.25, 0.3) is 0 Å². The number of benzene rings is 1. The second-order valence-electron chi connectivity index (χ2n) is 7.06. The Bertz CT molecular complexity index is 449. The summed E-state index contributed by atoms with van der Waals surface area (Å²) in [6.07, 6.45) is 6.08. The molecule has 1 fully saturated rings. The summed E-state index contributed by atoms with van der Waals surface area (Å²) in [5.41, 5.74) is 6.87. The first kappa shape index (κ1) is 19.4. The minimum Gasteiger partial charge on any atom is -0.330 e. The molecule has 24 heavy (non-hydrogen) atoms. The Balaban J connectivity index is 1.95. The van der Waals surface area contributed by atoms with Gasteiger partial charge < -0.3 is 16.0 Å². The normalized spacial score (nSPS) is 22.0. The second-order valence-corrected chi connectivity index (χ2v) is 7.06. The van der Waals surface area contributed by atoms with E-state index >= 15 is 0 Å². The molecule has 3 N–H and O–H groups in total. The molecule has 0 bridgehead atoms. The smallest absolute Gasteiger partial charge is 0.123 e. The number of piperidine rings is 1. The first-order valence-electron chi connectivity index (χ1n) is 9.63. The van der Waals surface area contributed by atoms with Crippen molar-refractivity contribution < 1.29 is 4.39 Å². The van der Waals surface area contributed by atoms with Gasteiger partial charge in [-0.1, -0.05) is 31.9 Å². The Morgan fingerprint density at radius 2 is 2.00 bits per heavy atom. The number of rotatable bonds is 10. The van der Waals surface area contributed by atoms with Crippen LogP contribution in [-0.4, -0.2) is 44.2 Å². The first-order valence-corrected chi connectivity index (χ1v) is 9.63. The quantitative estimate of drug-likeness (QED) is 0.644. The molecule has 1 aliphatic heterocycles. The summed E-state index contributed by atoms with van der Waals surface area (Å²) in [5.74, 6) is 0.968. The molecule has 0 radical (unpaired) electrons. The number of hydrogen-bond donors (Lipinski definition) is 2. The lowest BCUT2D eigenvalue weighted by molar-refractivity contribution is 0.149. The summed E-state index contributed by atoms with van der Waals surface area (Å²) in [4.78, 5) is 2.62. The molecule has 0 aliphatic carbocycles. The van der Waals surface area contributed by atoms with Crippen LogP contribution in [-0.2, 0) is 0 Å². The lowest BCUT2D eigenvalue weighted by atomic mass is 9.80. The van der Waals surface area contributed by atoms with E-state index in [-0.39, 0.29) is 5.82 Å². The molecule has 0 amide bonds. The van der Waals surface area contributed by atoms with Crippen LogP contribution in [0.4, 0.5) is 4.39 Å². The fraction of sp³-hybridized carbons (Fsp3) is 0.700. The fourth-order valence-corrected chi connectivity index (χ4v) is 3.77. The van der Waals surface area contributed by atoms with Crippen molar-refractivity contribution in [1.29, 1.82) is 0 Å². The lowest BCUT2D eigenvalue weighted by Crippen LogP contribution is -2.44. The average Bonchev–Trinajstić information content (AvgIpc) is 2.60. The van der Waals surface area contributed by atoms with Crippen molar-refractivity contribution in [3.05, 3.63) is 35.6 Å². The van der Waals surface area contributed by atoms with E-state index in [1.807, 2.05) is 12.1 Å². The van der Waals surface area contributed by atoms with Crippen LogP contribution < -0.4 is 11.1 Å². The van der Waals surface area contributed by atoms with E-state index in [0.29, 0.717) is 11.8 Å². The summed E-state index contributed by atoms with van der Waals surface area (Å²) in [5, 5.41) is 3.57. The van der Waals surface area contributed by atoms with Gasteiger partial charge in [-0.15, -0.1) is 0 Å². The molecule has 2 rings (SSSR count). The van der Waals surface area contributed by atoms with E-state index in [4.69, 9.17) is 5.73 Å². The van der Waals surface area contributed by atoms with Crippen molar-refractivity contribution in [2.75, 3.05) is 39.3 Å². The standard InChI is InChI=1S/C20H34FN3/c1-2-3-4-13-24-14-10-20(17-6-8-19(21)9-7-17)18(16-24)15-23-12-5-11-22/h6-9,18,20,23H,2-5,10-16,22H2,1H3. The van der Waals surface area contributed by atoms with Crippen LogP contribution in [0, 0.1) is 11.7 Å². The highest BCUT2D eigenvalue weighted by Crippen LogP contribution is 2.33. The molecule has 1 saturated heterocycles. The third-order valence-corrected chi connectivity index (χ3v) is 5.16. The molecule has 1 heterocycles. The largest absolute Gasteiger partial charge is 0.330 e. The van der Waals surface area contributed by atoms with Crippen molar-refractivity contribution in [3.63, 3.8) is 0 Å². The Hall–Kier alpha value is -0.970. The van der Waals surface area contributed by atoms with Gasteiger partial charge in [0.15, 0.2) is 0 Å². The number of halogens is 1. The number of nitrogens with one attached hydrogen (secondary N) is 1. The van der Waals surface area contributed by atoms with Crippen LogP contribution >= 0.6 is 0 Å². The number of nitrogens with two attached hydrogens (primary N) is 1. The van der Waals surface area contributed by atoms with Crippen molar-refractivity contribution in [1.82, 2.24) is 10.2 Å². The molecule has 1 aromatic rings. The molecule has 2 unspecified atom stereocenters. The van der Waals surface area contributed by atoms with Gasteiger partial charge in [0.05, 0.1) is 0 Å². The summed E-state index contributed by atoms with van der Waals surface area (Å²) >= 11 is 0. The molecule has 0 aromatic heterocycles. The maximum absolute atomic E-state index is 13.2. The molecule has 4 heteroatoms. The monoisotopic (exact) mass is 335 g/mol. The van der Waals surface area contributed by atoms with E-state index in [1.165, 1.54) is 37.8 Å². The third kappa shape index (κ3) is 6.15. The second kappa shape index (κ2) is 10.8. The number of hydrogen-bond acceptors (Lipinski definition) is 3. The Morgan fingerprint density at radius 1 is 1.21 bits per heavy atom. The van der Waals surface area contributed by atoms with Gasteiger partial charge in [0.2, 0.25) is 0 Å². The van der Waals surface area contributed by atoms with Crippen LogP contribution in [0.5, 0.6) is 0 Å². The number of unbranched alkanes of at least 4 members (excludes halogenated alkanes) is 2. The third-order valence-electron chi connectivity index (χ3n) is 5.16. The van der Waals surface area contributed by atoms with E-state index < -0.39 is 0 Å². The highest BCUT2D eigenvalue weighted by molar-refractivity contribution is 5.22. The summed E-state index contributed by atoms with van der Waals surface area (Å²) in [6, 6.07) is 7.14. The first-order chi connectivity index (χ1) is 11.7. The van der Waals surface area contributed by atoms with Crippen molar-refractivity contribution in [2.45, 2.75) is 44.9 Å². The minimum absolute atomic E-state index is 0.145. The summed E-state index contributed by atoms with van der Waals surface area (Å²) < 4.78 is 13.2. The average molecular weight is 336 g/mol. The SMILES string of the molecule is CCCCCN1CCC(c2ccc(F)cc2)C(CNCCCN)C1. The van der Waals surface area contributed by atoms with E-state index in [2.05, 4.69) is 17.1 Å². The van der Waals surface area contributed by atoms with E-state index in [1.54, 1.807) is 12.1 Å². The summed E-state index contributed by atoms with van der Waals surface area (Å²) in [7, 11) is 0. The van der Waals surface area contributed by atoms with Gasteiger partial charge in [0.1, 0.15) is 5.82 Å². The zero-order chi connectivity index (χ0) is 17.2. The Morgan fingerprint density at radius 3 is 2.71 bits per heavy atom. The molecule has 0 saturated carbocycles. The molecular formula is C20H34FN3. The highest BCUT2D eigenvalue weighted by atomic mass is 19.1. The predicted octanol–water partition coefficient (Wildman–Crippen LogP) is 3.36. The minimum atomic E-state index is -0.145. The zero-order valence-corrected chi connectivity index (χ0v) is 15.1. The Labute approximate surface area is 146 Å². The number of likely N-dealkylation sites (tertiary alicyclic amines) is 1. The van der Waals surface area contributed by atoms with E-state index in [9.17, 15) is 4.39 Å². The fourth-order valence-electron chi connectivity index (χ4n) is 3.77. The molecule has 1 aromatic carbocycles. The van der Waals surface area contributed by atoms with Crippen molar-refractivity contribution in [2.24, 2.45) is 11.7 Å². The topological polar surface area (TPSA) is 41.3 Å². The van der Waals surface area contributed by atoms with Gasteiger partial charge in [-0.25, -0.2) is 4.39 Å². The molecule has 0 spiro atoms. The Kier molecular flexibility index (Phi) is 8.71. The molecule has 3 nitrogen and oxygen atoms in total. The van der Waals surface area contributed by atoms with Crippen molar-refractivity contribution >= 4 is 0 Å². The van der Waals surface area contributed by atoms with Crippen LogP contribution in [0.25, 0.3) is 0 Å². The number of nitrogens with zero attached hydrogens (tertiary/aromatic N) is 1. The van der Waals surface area contributed by atoms with E-state index in [0.717, 1.165) is 39.1 Å². The predicted molar refractivity (Wildman–Crippen MR) is 99.8 cm³/mol. The molecule has 2 atom stereocenters. The lowest BCUT2D eigenvalue weighted by Gasteiger charge is -2.39. The maximum Gasteiger partial charge on any atom is 0.123 e. The summed E-state index contributed by atoms with van der Waals surface area (Å²) in [6.45, 7) is 8.51. The van der Waals surface area contributed by atoms with Crippen LogP contribution in [0.3, 0.4) is 0 Å².